The quantitative estimate of drug-likeness (QED) is 0.703. The zero-order chi connectivity index (χ0) is 10.1. The summed E-state index contributed by atoms with van der Waals surface area (Å²) in [5.41, 5.74) is 3.37. The highest BCUT2D eigenvalue weighted by Crippen LogP contribution is 2.35. The van der Waals surface area contributed by atoms with Crippen LogP contribution in [0.1, 0.15) is 5.56 Å². The maximum atomic E-state index is 5.62. The van der Waals surface area contributed by atoms with E-state index in [-0.39, 0.29) is 0 Å². The summed E-state index contributed by atoms with van der Waals surface area (Å²) in [7, 11) is 0. The summed E-state index contributed by atoms with van der Waals surface area (Å²) < 4.78 is 5.62. The van der Waals surface area contributed by atoms with Gasteiger partial charge < -0.3 is 4.74 Å². The zero-order valence-electron chi connectivity index (χ0n) is 8.18. The third-order valence-electron chi connectivity index (χ3n) is 2.58. The van der Waals surface area contributed by atoms with Crippen molar-refractivity contribution in [2.75, 3.05) is 6.61 Å². The maximum absolute atomic E-state index is 5.62. The van der Waals surface area contributed by atoms with Crippen molar-refractivity contribution < 1.29 is 4.74 Å². The van der Waals surface area contributed by atoms with Gasteiger partial charge in [-0.3, -0.25) is 9.97 Å². The lowest BCUT2D eigenvalue weighted by atomic mass is 10.1. The van der Waals surface area contributed by atoms with Crippen LogP contribution in [0.2, 0.25) is 0 Å². The molecule has 0 aliphatic carbocycles. The number of aromatic nitrogens is 2. The Morgan fingerprint density at radius 2 is 1.93 bits per heavy atom. The first kappa shape index (κ1) is 8.41. The second kappa shape index (κ2) is 3.35. The number of hydrogen-bond acceptors (Lipinski definition) is 3. The molecule has 0 atom stereocenters. The Morgan fingerprint density at radius 1 is 1.07 bits per heavy atom. The van der Waals surface area contributed by atoms with Crippen LogP contribution >= 0.6 is 0 Å². The zero-order valence-corrected chi connectivity index (χ0v) is 8.18. The van der Waals surface area contributed by atoms with Gasteiger partial charge in [0.1, 0.15) is 5.75 Å². The molecule has 3 nitrogen and oxygen atoms in total. The Labute approximate surface area is 87.8 Å². The van der Waals surface area contributed by atoms with Gasteiger partial charge in [-0.2, -0.15) is 0 Å². The van der Waals surface area contributed by atoms with Crippen molar-refractivity contribution in [2.24, 2.45) is 0 Å². The molecule has 74 valence electrons. The van der Waals surface area contributed by atoms with Gasteiger partial charge in [-0.15, -0.1) is 0 Å². The lowest BCUT2D eigenvalue weighted by molar-refractivity contribution is 0.358. The molecule has 0 radical (unpaired) electrons. The number of fused-ring (bicyclic) bond motifs is 1. The van der Waals surface area contributed by atoms with E-state index >= 15 is 0 Å². The second-order valence-corrected chi connectivity index (χ2v) is 3.51. The van der Waals surface area contributed by atoms with Crippen molar-refractivity contribution in [2.45, 2.75) is 6.42 Å². The summed E-state index contributed by atoms with van der Waals surface area (Å²) in [5, 5.41) is 0. The monoisotopic (exact) mass is 198 g/mol. The molecule has 3 heterocycles. The number of nitrogens with zero attached hydrogens (tertiary/aromatic N) is 2. The topological polar surface area (TPSA) is 35.0 Å². The van der Waals surface area contributed by atoms with E-state index in [2.05, 4.69) is 9.97 Å². The first-order chi connectivity index (χ1) is 7.45. The van der Waals surface area contributed by atoms with Crippen molar-refractivity contribution in [3.63, 3.8) is 0 Å². The van der Waals surface area contributed by atoms with E-state index in [0.717, 1.165) is 29.9 Å². The fourth-order valence-corrected chi connectivity index (χ4v) is 1.84. The van der Waals surface area contributed by atoms with E-state index in [4.69, 9.17) is 4.74 Å². The van der Waals surface area contributed by atoms with Gasteiger partial charge >= 0.3 is 0 Å². The van der Waals surface area contributed by atoms with Crippen molar-refractivity contribution >= 4 is 0 Å². The molecule has 1 aliphatic heterocycles. The molecule has 0 amide bonds. The number of ether oxygens (including phenoxy) is 1. The maximum Gasteiger partial charge on any atom is 0.133 e. The number of rotatable bonds is 1. The predicted octanol–water partition coefficient (Wildman–Crippen LogP) is 2.08. The first-order valence-electron chi connectivity index (χ1n) is 4.95. The lowest BCUT2D eigenvalue weighted by Crippen LogP contribution is -1.89. The van der Waals surface area contributed by atoms with E-state index < -0.39 is 0 Å². The van der Waals surface area contributed by atoms with Crippen LogP contribution in [-0.4, -0.2) is 16.6 Å². The van der Waals surface area contributed by atoms with Crippen LogP contribution in [0.5, 0.6) is 5.75 Å². The van der Waals surface area contributed by atoms with Crippen molar-refractivity contribution in [3.05, 3.63) is 42.5 Å². The third kappa shape index (κ3) is 1.36. The molecule has 1 aliphatic rings. The molecule has 2 aromatic heterocycles. The molecule has 0 spiro atoms. The van der Waals surface area contributed by atoms with E-state index in [0.29, 0.717) is 0 Å². The van der Waals surface area contributed by atoms with Gasteiger partial charge in [-0.25, -0.2) is 0 Å². The minimum absolute atomic E-state index is 0.763. The van der Waals surface area contributed by atoms with Gasteiger partial charge in [0, 0.05) is 42.3 Å². The lowest BCUT2D eigenvalue weighted by Gasteiger charge is -2.06. The molecule has 0 saturated carbocycles. The summed E-state index contributed by atoms with van der Waals surface area (Å²) in [6, 6.07) is 3.94. The highest BCUT2D eigenvalue weighted by atomic mass is 16.5. The largest absolute Gasteiger partial charge is 0.492 e. The Bertz CT molecular complexity index is 482. The van der Waals surface area contributed by atoms with E-state index in [1.165, 1.54) is 5.56 Å². The van der Waals surface area contributed by atoms with Gasteiger partial charge in [0.15, 0.2) is 0 Å². The number of pyridine rings is 2. The summed E-state index contributed by atoms with van der Waals surface area (Å²) in [6.45, 7) is 0.763. The molecule has 0 aromatic carbocycles. The van der Waals surface area contributed by atoms with Gasteiger partial charge in [-0.05, 0) is 17.7 Å². The smallest absolute Gasteiger partial charge is 0.133 e. The van der Waals surface area contributed by atoms with Crippen molar-refractivity contribution in [1.82, 2.24) is 9.97 Å². The molecule has 3 heteroatoms. The fraction of sp³-hybridized carbons (Fsp3) is 0.167. The summed E-state index contributed by atoms with van der Waals surface area (Å²) in [6.07, 6.45) is 8.25. The van der Waals surface area contributed by atoms with Crippen LogP contribution in [-0.2, 0) is 6.42 Å². The van der Waals surface area contributed by atoms with Crippen LogP contribution < -0.4 is 4.74 Å². The van der Waals surface area contributed by atoms with Crippen LogP contribution in [0.4, 0.5) is 0 Å². The van der Waals surface area contributed by atoms with Crippen molar-refractivity contribution in [1.29, 1.82) is 0 Å². The summed E-state index contributed by atoms with van der Waals surface area (Å²) in [5.74, 6) is 0.983. The molecule has 0 saturated heterocycles. The van der Waals surface area contributed by atoms with E-state index in [9.17, 15) is 0 Å². The standard InChI is InChI=1S/C12H10N2O/c1-4-13-5-2-9(1)11-8-14-7-10-3-6-15-12(10)11/h1-2,4-5,7-8H,3,6H2. The highest BCUT2D eigenvalue weighted by Gasteiger charge is 2.17. The average molecular weight is 198 g/mol. The molecule has 0 unspecified atom stereocenters. The molecule has 2 aromatic rings. The fourth-order valence-electron chi connectivity index (χ4n) is 1.84. The molecule has 3 rings (SSSR count). The summed E-state index contributed by atoms with van der Waals surface area (Å²) in [4.78, 5) is 8.24. The van der Waals surface area contributed by atoms with Crippen LogP contribution in [0.15, 0.2) is 36.9 Å². The molecule has 0 N–H and O–H groups in total. The Balaban J connectivity index is 2.17. The van der Waals surface area contributed by atoms with Gasteiger partial charge in [0.2, 0.25) is 0 Å². The predicted molar refractivity (Wildman–Crippen MR) is 56.7 cm³/mol. The minimum Gasteiger partial charge on any atom is -0.492 e. The Morgan fingerprint density at radius 3 is 2.80 bits per heavy atom. The van der Waals surface area contributed by atoms with Gasteiger partial charge in [-0.1, -0.05) is 0 Å². The highest BCUT2D eigenvalue weighted by molar-refractivity contribution is 5.71. The molecule has 0 fully saturated rings. The number of hydrogen-bond donors (Lipinski definition) is 0. The second-order valence-electron chi connectivity index (χ2n) is 3.51. The molecular formula is C12H10N2O. The van der Waals surface area contributed by atoms with Crippen LogP contribution in [0.3, 0.4) is 0 Å². The Hall–Kier alpha value is -1.90. The van der Waals surface area contributed by atoms with Crippen LogP contribution in [0, 0.1) is 0 Å². The Kier molecular flexibility index (Phi) is 1.88. The van der Waals surface area contributed by atoms with Crippen LogP contribution in [0.25, 0.3) is 11.1 Å². The van der Waals surface area contributed by atoms with Gasteiger partial charge in [0.05, 0.1) is 6.61 Å². The normalized spacial score (nSPS) is 13.3. The SMILES string of the molecule is c1cc(-c2cncc3c2OCC3)ccn1. The minimum atomic E-state index is 0.763. The molecule has 0 bridgehead atoms. The van der Waals surface area contributed by atoms with E-state index in [1.807, 2.05) is 24.5 Å². The van der Waals surface area contributed by atoms with Crippen molar-refractivity contribution in [3.8, 4) is 16.9 Å². The van der Waals surface area contributed by atoms with Gasteiger partial charge in [0.25, 0.3) is 0 Å². The average Bonchev–Trinajstić information content (AvgIpc) is 2.78. The summed E-state index contributed by atoms with van der Waals surface area (Å²) >= 11 is 0. The molecule has 15 heavy (non-hydrogen) atoms. The molecular weight excluding hydrogens is 188 g/mol. The van der Waals surface area contributed by atoms with E-state index in [1.54, 1.807) is 12.4 Å². The third-order valence-corrected chi connectivity index (χ3v) is 2.58. The first-order valence-corrected chi connectivity index (χ1v) is 4.95.